The number of rotatable bonds is 3. The Hall–Kier alpha value is -1.54. The summed E-state index contributed by atoms with van der Waals surface area (Å²) in [5, 5.41) is 0. The van der Waals surface area contributed by atoms with Crippen molar-refractivity contribution in [2.24, 2.45) is 0 Å². The predicted octanol–water partition coefficient (Wildman–Crippen LogP) is 0.347. The summed E-state index contributed by atoms with van der Waals surface area (Å²) in [5.74, 6) is 0. The maximum Gasteiger partial charge on any atom is 0.410 e. The van der Waals surface area contributed by atoms with Gasteiger partial charge in [0.25, 0.3) is 0 Å². The maximum atomic E-state index is 10.9. The molecule has 4 nitrogen and oxygen atoms in total. The molecule has 0 aromatic rings. The normalized spacial score (nSPS) is 21.5. The molecule has 1 aliphatic heterocycles. The van der Waals surface area contributed by atoms with Crippen molar-refractivity contribution in [2.75, 3.05) is 13.2 Å². The van der Waals surface area contributed by atoms with Gasteiger partial charge in [-0.05, 0) is 6.08 Å². The largest absolute Gasteiger partial charge is 0.447 e. The highest BCUT2D eigenvalue weighted by atomic mass is 16.6. The number of aldehydes is 1. The smallest absolute Gasteiger partial charge is 0.410 e. The fourth-order valence-electron chi connectivity index (χ4n) is 0.951. The first kappa shape index (κ1) is 8.56. The summed E-state index contributed by atoms with van der Waals surface area (Å²) in [4.78, 5) is 22.7. The Kier molecular flexibility index (Phi) is 2.66. The Morgan fingerprint density at radius 1 is 1.83 bits per heavy atom. The molecule has 0 N–H and O–H groups in total. The van der Waals surface area contributed by atoms with Gasteiger partial charge in [0, 0.05) is 0 Å². The minimum absolute atomic E-state index is 0.146. The summed E-state index contributed by atoms with van der Waals surface area (Å²) in [6.07, 6.45) is 1.81. The van der Waals surface area contributed by atoms with Crippen LogP contribution < -0.4 is 0 Å². The zero-order valence-corrected chi connectivity index (χ0v) is 6.53. The van der Waals surface area contributed by atoms with E-state index in [0.717, 1.165) is 0 Å². The SMILES string of the molecule is C=C=CCN1C(=O)OC[C@@H]1C=O. The van der Waals surface area contributed by atoms with Crippen LogP contribution >= 0.6 is 0 Å². The van der Waals surface area contributed by atoms with Crippen LogP contribution in [-0.2, 0) is 9.53 Å². The molecule has 0 unspecified atom stereocenters. The van der Waals surface area contributed by atoms with Crippen LogP contribution in [0.2, 0.25) is 0 Å². The highest BCUT2D eigenvalue weighted by Gasteiger charge is 2.31. The Balaban J connectivity index is 2.63. The van der Waals surface area contributed by atoms with E-state index < -0.39 is 12.1 Å². The van der Waals surface area contributed by atoms with Gasteiger partial charge in [0.15, 0.2) is 0 Å². The molecule has 0 spiro atoms. The molecule has 0 aliphatic carbocycles. The molecule has 1 heterocycles. The van der Waals surface area contributed by atoms with E-state index in [-0.39, 0.29) is 6.61 Å². The van der Waals surface area contributed by atoms with Crippen LogP contribution in [0, 0.1) is 0 Å². The number of amides is 1. The molecule has 1 fully saturated rings. The Morgan fingerprint density at radius 2 is 2.58 bits per heavy atom. The van der Waals surface area contributed by atoms with E-state index in [4.69, 9.17) is 0 Å². The first-order valence-electron chi connectivity index (χ1n) is 3.52. The van der Waals surface area contributed by atoms with E-state index in [0.29, 0.717) is 12.8 Å². The second-order valence-electron chi connectivity index (χ2n) is 2.34. The van der Waals surface area contributed by atoms with Crippen molar-refractivity contribution in [3.63, 3.8) is 0 Å². The monoisotopic (exact) mass is 167 g/mol. The molecule has 0 saturated carbocycles. The molecule has 1 rings (SSSR count). The van der Waals surface area contributed by atoms with Crippen LogP contribution in [0.3, 0.4) is 0 Å². The van der Waals surface area contributed by atoms with Gasteiger partial charge in [-0.1, -0.05) is 6.58 Å². The molecule has 1 aliphatic rings. The van der Waals surface area contributed by atoms with Crippen molar-refractivity contribution in [3.8, 4) is 0 Å². The van der Waals surface area contributed by atoms with Gasteiger partial charge in [-0.3, -0.25) is 4.90 Å². The predicted molar refractivity (Wildman–Crippen MR) is 41.6 cm³/mol. The summed E-state index contributed by atoms with van der Waals surface area (Å²) >= 11 is 0. The van der Waals surface area contributed by atoms with Gasteiger partial charge in [-0.2, -0.15) is 0 Å². The van der Waals surface area contributed by atoms with Gasteiger partial charge in [0.05, 0.1) is 6.54 Å². The van der Waals surface area contributed by atoms with Gasteiger partial charge in [0.1, 0.15) is 18.9 Å². The van der Waals surface area contributed by atoms with Crippen molar-refractivity contribution in [3.05, 3.63) is 18.4 Å². The molecular formula is C8H9NO3. The minimum Gasteiger partial charge on any atom is -0.447 e. The second-order valence-corrected chi connectivity index (χ2v) is 2.34. The average Bonchev–Trinajstić information content (AvgIpc) is 2.43. The number of carbonyl (C=O) groups excluding carboxylic acids is 2. The lowest BCUT2D eigenvalue weighted by atomic mass is 10.3. The quantitative estimate of drug-likeness (QED) is 0.450. The molecule has 0 aromatic carbocycles. The molecule has 1 atom stereocenters. The topological polar surface area (TPSA) is 46.6 Å². The highest BCUT2D eigenvalue weighted by Crippen LogP contribution is 2.09. The van der Waals surface area contributed by atoms with Crippen molar-refractivity contribution in [2.45, 2.75) is 6.04 Å². The van der Waals surface area contributed by atoms with Crippen LogP contribution in [0.1, 0.15) is 0 Å². The molecule has 1 amide bonds. The number of cyclic esters (lactones) is 1. The van der Waals surface area contributed by atoms with E-state index in [1.165, 1.54) is 4.90 Å². The first-order chi connectivity index (χ1) is 5.79. The third-order valence-electron chi connectivity index (χ3n) is 1.60. The van der Waals surface area contributed by atoms with Gasteiger partial charge < -0.3 is 9.53 Å². The van der Waals surface area contributed by atoms with Gasteiger partial charge in [-0.25, -0.2) is 4.79 Å². The molecule has 1 saturated heterocycles. The Labute approximate surface area is 70.1 Å². The number of nitrogens with zero attached hydrogens (tertiary/aromatic N) is 1. The number of ether oxygens (including phenoxy) is 1. The fourth-order valence-corrected chi connectivity index (χ4v) is 0.951. The highest BCUT2D eigenvalue weighted by molar-refractivity contribution is 5.76. The van der Waals surface area contributed by atoms with Crippen LogP contribution in [0.5, 0.6) is 0 Å². The average molecular weight is 167 g/mol. The lowest BCUT2D eigenvalue weighted by molar-refractivity contribution is -0.110. The fraction of sp³-hybridized carbons (Fsp3) is 0.375. The van der Waals surface area contributed by atoms with Gasteiger partial charge >= 0.3 is 6.09 Å². The lowest BCUT2D eigenvalue weighted by Gasteiger charge is -2.13. The van der Waals surface area contributed by atoms with Gasteiger partial charge in [-0.15, -0.1) is 5.73 Å². The molecule has 0 bridgehead atoms. The van der Waals surface area contributed by atoms with Crippen LogP contribution in [0.4, 0.5) is 4.79 Å². The van der Waals surface area contributed by atoms with Crippen LogP contribution in [0.15, 0.2) is 18.4 Å². The molecule has 0 radical (unpaired) electrons. The number of hydrogen-bond acceptors (Lipinski definition) is 3. The van der Waals surface area contributed by atoms with Crippen molar-refractivity contribution < 1.29 is 14.3 Å². The zero-order valence-electron chi connectivity index (χ0n) is 6.53. The van der Waals surface area contributed by atoms with Crippen LogP contribution in [0.25, 0.3) is 0 Å². The van der Waals surface area contributed by atoms with Crippen LogP contribution in [-0.4, -0.2) is 36.5 Å². The molecule has 0 aromatic heterocycles. The van der Waals surface area contributed by atoms with E-state index in [9.17, 15) is 9.59 Å². The zero-order chi connectivity index (χ0) is 8.97. The summed E-state index contributed by atoms with van der Waals surface area (Å²) in [6.45, 7) is 3.82. The third kappa shape index (κ3) is 1.54. The van der Waals surface area contributed by atoms with Crippen molar-refractivity contribution in [1.29, 1.82) is 0 Å². The Bertz CT molecular complexity index is 243. The van der Waals surface area contributed by atoms with Gasteiger partial charge in [0.2, 0.25) is 0 Å². The Morgan fingerprint density at radius 3 is 3.17 bits per heavy atom. The minimum atomic E-state index is -0.460. The standard InChI is InChI=1S/C8H9NO3/c1-2-3-4-9-7(5-10)6-12-8(9)11/h3,5,7H,1,4,6H2/t7-/m0/s1. The van der Waals surface area contributed by atoms with E-state index in [1.54, 1.807) is 6.08 Å². The van der Waals surface area contributed by atoms with E-state index in [1.807, 2.05) is 0 Å². The summed E-state index contributed by atoms with van der Waals surface area (Å²) < 4.78 is 4.65. The molecule has 64 valence electrons. The summed E-state index contributed by atoms with van der Waals surface area (Å²) in [5.41, 5.74) is 2.52. The number of carbonyl (C=O) groups is 2. The molecule has 4 heteroatoms. The van der Waals surface area contributed by atoms with Crippen molar-refractivity contribution >= 4 is 12.4 Å². The van der Waals surface area contributed by atoms with Crippen molar-refractivity contribution in [1.82, 2.24) is 4.90 Å². The summed E-state index contributed by atoms with van der Waals surface area (Å²) in [7, 11) is 0. The molecular weight excluding hydrogens is 158 g/mol. The lowest BCUT2D eigenvalue weighted by Crippen LogP contribution is -2.34. The van der Waals surface area contributed by atoms with E-state index >= 15 is 0 Å². The first-order valence-corrected chi connectivity index (χ1v) is 3.52. The third-order valence-corrected chi connectivity index (χ3v) is 1.60. The van der Waals surface area contributed by atoms with E-state index in [2.05, 4.69) is 17.0 Å². The summed E-state index contributed by atoms with van der Waals surface area (Å²) in [6, 6.07) is -0.456. The second kappa shape index (κ2) is 3.74. The maximum absolute atomic E-state index is 10.9. The molecule has 12 heavy (non-hydrogen) atoms. The number of hydrogen-bond donors (Lipinski definition) is 0.